The number of benzene rings is 1. The number of methoxy groups -OCH3 is 1. The molecular formula is C18H25N3O6S. The van der Waals surface area contributed by atoms with Crippen molar-refractivity contribution in [2.24, 2.45) is 0 Å². The average Bonchev–Trinajstić information content (AvgIpc) is 3.08. The number of carbonyl (C=O) groups is 1. The van der Waals surface area contributed by atoms with E-state index in [2.05, 4.69) is 10.5 Å². The van der Waals surface area contributed by atoms with Crippen LogP contribution in [-0.2, 0) is 19.6 Å². The molecule has 0 bridgehead atoms. The molecule has 0 aliphatic heterocycles. The number of carbonyl (C=O) groups excluding carboxylic acids is 1. The second-order valence-electron chi connectivity index (χ2n) is 5.94. The van der Waals surface area contributed by atoms with Crippen LogP contribution in [0.5, 0.6) is 5.75 Å². The van der Waals surface area contributed by atoms with Crippen LogP contribution in [0.2, 0.25) is 0 Å². The lowest BCUT2D eigenvalue weighted by Crippen LogP contribution is -2.39. The van der Waals surface area contributed by atoms with E-state index in [1.165, 1.54) is 19.2 Å². The molecule has 1 N–H and O–H groups in total. The number of hydrogen-bond donors (Lipinski definition) is 1. The summed E-state index contributed by atoms with van der Waals surface area (Å²) in [5.74, 6) is 0.802. The van der Waals surface area contributed by atoms with Gasteiger partial charge in [0.1, 0.15) is 11.5 Å². The SMILES string of the molecule is CCOCCCN(CC(=O)Nc1cc(C)on1)S(=O)(=O)c1ccc(OC)cc1. The monoisotopic (exact) mass is 411 g/mol. The largest absolute Gasteiger partial charge is 0.497 e. The van der Waals surface area contributed by atoms with Gasteiger partial charge in [-0.2, -0.15) is 4.31 Å². The Bertz CT molecular complexity index is 864. The molecule has 0 unspecified atom stereocenters. The predicted molar refractivity (Wildman–Crippen MR) is 103 cm³/mol. The van der Waals surface area contributed by atoms with Gasteiger partial charge >= 0.3 is 0 Å². The Morgan fingerprint density at radius 3 is 2.57 bits per heavy atom. The van der Waals surface area contributed by atoms with Crippen LogP contribution in [0.1, 0.15) is 19.1 Å². The molecule has 1 heterocycles. The van der Waals surface area contributed by atoms with Gasteiger partial charge in [-0.1, -0.05) is 5.16 Å². The standard InChI is InChI=1S/C18H25N3O6S/c1-4-26-11-5-10-21(13-18(22)19-17-12-14(2)27-20-17)28(23,24)16-8-6-15(25-3)7-9-16/h6-9,12H,4-5,10-11,13H2,1-3H3,(H,19,20,22). The summed E-state index contributed by atoms with van der Waals surface area (Å²) in [6.07, 6.45) is 0.458. The number of hydrogen-bond acceptors (Lipinski definition) is 7. The maximum absolute atomic E-state index is 13.0. The van der Waals surface area contributed by atoms with E-state index in [1.54, 1.807) is 25.1 Å². The minimum Gasteiger partial charge on any atom is -0.497 e. The zero-order valence-electron chi connectivity index (χ0n) is 16.2. The lowest BCUT2D eigenvalue weighted by atomic mass is 10.3. The molecule has 0 spiro atoms. The molecule has 1 aromatic carbocycles. The number of sulfonamides is 1. The summed E-state index contributed by atoms with van der Waals surface area (Å²) in [4.78, 5) is 12.4. The van der Waals surface area contributed by atoms with Crippen molar-refractivity contribution in [3.63, 3.8) is 0 Å². The number of nitrogens with one attached hydrogen (secondary N) is 1. The molecule has 1 aromatic heterocycles. The third-order valence-electron chi connectivity index (χ3n) is 3.81. The second-order valence-corrected chi connectivity index (χ2v) is 7.87. The van der Waals surface area contributed by atoms with Crippen molar-refractivity contribution < 1.29 is 27.2 Å². The molecule has 0 atom stereocenters. The van der Waals surface area contributed by atoms with Gasteiger partial charge in [-0.25, -0.2) is 8.42 Å². The van der Waals surface area contributed by atoms with Gasteiger partial charge < -0.3 is 19.3 Å². The van der Waals surface area contributed by atoms with Gasteiger partial charge in [0, 0.05) is 25.8 Å². The molecule has 10 heteroatoms. The summed E-state index contributed by atoms with van der Waals surface area (Å²) >= 11 is 0. The van der Waals surface area contributed by atoms with E-state index in [0.717, 1.165) is 4.31 Å². The topological polar surface area (TPSA) is 111 Å². The van der Waals surface area contributed by atoms with Gasteiger partial charge in [0.25, 0.3) is 0 Å². The van der Waals surface area contributed by atoms with E-state index < -0.39 is 15.9 Å². The Labute approximate surface area is 164 Å². The first-order chi connectivity index (χ1) is 13.4. The maximum atomic E-state index is 13.0. The van der Waals surface area contributed by atoms with Crippen molar-refractivity contribution in [1.29, 1.82) is 0 Å². The predicted octanol–water partition coefficient (Wildman–Crippen LogP) is 2.05. The Balaban J connectivity index is 2.15. The fourth-order valence-electron chi connectivity index (χ4n) is 2.44. The summed E-state index contributed by atoms with van der Waals surface area (Å²) < 4.78 is 42.4. The fraction of sp³-hybridized carbons (Fsp3) is 0.444. The van der Waals surface area contributed by atoms with Gasteiger partial charge in [-0.05, 0) is 44.5 Å². The van der Waals surface area contributed by atoms with Crippen LogP contribution in [0.3, 0.4) is 0 Å². The Hall–Kier alpha value is -2.43. The van der Waals surface area contributed by atoms with Crippen molar-refractivity contribution in [2.45, 2.75) is 25.2 Å². The second kappa shape index (κ2) is 10.2. The lowest BCUT2D eigenvalue weighted by molar-refractivity contribution is -0.116. The van der Waals surface area contributed by atoms with E-state index in [4.69, 9.17) is 14.0 Å². The number of rotatable bonds is 11. The summed E-state index contributed by atoms with van der Waals surface area (Å²) in [5, 5.41) is 6.22. The molecule has 0 saturated carbocycles. The quantitative estimate of drug-likeness (QED) is 0.563. The first-order valence-corrected chi connectivity index (χ1v) is 10.3. The Kier molecular flexibility index (Phi) is 7.97. The molecule has 9 nitrogen and oxygen atoms in total. The molecule has 154 valence electrons. The van der Waals surface area contributed by atoms with E-state index in [-0.39, 0.29) is 23.8 Å². The number of anilines is 1. The molecule has 28 heavy (non-hydrogen) atoms. The molecule has 2 rings (SSSR count). The number of aryl methyl sites for hydroxylation is 1. The van der Waals surface area contributed by atoms with Crippen LogP contribution in [-0.4, -0.2) is 57.2 Å². The molecule has 0 aliphatic carbocycles. The van der Waals surface area contributed by atoms with Gasteiger partial charge in [0.15, 0.2) is 5.82 Å². The molecule has 0 saturated heterocycles. The van der Waals surface area contributed by atoms with Crippen LogP contribution in [0.25, 0.3) is 0 Å². The zero-order chi connectivity index (χ0) is 20.6. The summed E-state index contributed by atoms with van der Waals surface area (Å²) in [6.45, 7) is 4.27. The van der Waals surface area contributed by atoms with Gasteiger partial charge in [-0.15, -0.1) is 0 Å². The number of nitrogens with zero attached hydrogens (tertiary/aromatic N) is 2. The average molecular weight is 411 g/mol. The third kappa shape index (κ3) is 6.04. The van der Waals surface area contributed by atoms with Gasteiger partial charge in [0.05, 0.1) is 18.6 Å². The maximum Gasteiger partial charge on any atom is 0.243 e. The van der Waals surface area contributed by atoms with E-state index in [9.17, 15) is 13.2 Å². The highest BCUT2D eigenvalue weighted by molar-refractivity contribution is 7.89. The Morgan fingerprint density at radius 2 is 2.00 bits per heavy atom. The molecule has 0 radical (unpaired) electrons. The normalized spacial score (nSPS) is 11.6. The first kappa shape index (κ1) is 21.9. The summed E-state index contributed by atoms with van der Waals surface area (Å²) in [6, 6.07) is 7.56. The van der Waals surface area contributed by atoms with Crippen molar-refractivity contribution in [3.05, 3.63) is 36.1 Å². The van der Waals surface area contributed by atoms with Crippen LogP contribution in [0, 0.1) is 6.92 Å². The van der Waals surface area contributed by atoms with Crippen molar-refractivity contribution in [3.8, 4) is 5.75 Å². The van der Waals surface area contributed by atoms with Crippen LogP contribution in [0.15, 0.2) is 39.8 Å². The van der Waals surface area contributed by atoms with Crippen LogP contribution in [0.4, 0.5) is 5.82 Å². The minimum absolute atomic E-state index is 0.0785. The van der Waals surface area contributed by atoms with Gasteiger partial charge in [0.2, 0.25) is 15.9 Å². The lowest BCUT2D eigenvalue weighted by Gasteiger charge is -2.21. The summed E-state index contributed by atoms with van der Waals surface area (Å²) in [7, 11) is -2.38. The smallest absolute Gasteiger partial charge is 0.243 e. The van der Waals surface area contributed by atoms with Gasteiger partial charge in [-0.3, -0.25) is 4.79 Å². The highest BCUT2D eigenvalue weighted by atomic mass is 32.2. The fourth-order valence-corrected chi connectivity index (χ4v) is 3.87. The van der Waals surface area contributed by atoms with Crippen molar-refractivity contribution >= 4 is 21.7 Å². The van der Waals surface area contributed by atoms with E-state index in [0.29, 0.717) is 31.1 Å². The van der Waals surface area contributed by atoms with Crippen molar-refractivity contribution in [2.75, 3.05) is 38.7 Å². The summed E-state index contributed by atoms with van der Waals surface area (Å²) in [5.41, 5.74) is 0. The van der Waals surface area contributed by atoms with Crippen LogP contribution >= 0.6 is 0 Å². The molecular weight excluding hydrogens is 386 g/mol. The minimum atomic E-state index is -3.88. The number of ether oxygens (including phenoxy) is 2. The van der Waals surface area contributed by atoms with Crippen molar-refractivity contribution in [1.82, 2.24) is 9.46 Å². The highest BCUT2D eigenvalue weighted by Crippen LogP contribution is 2.20. The third-order valence-corrected chi connectivity index (χ3v) is 5.67. The Morgan fingerprint density at radius 1 is 1.29 bits per heavy atom. The number of amides is 1. The zero-order valence-corrected chi connectivity index (χ0v) is 17.0. The first-order valence-electron chi connectivity index (χ1n) is 8.82. The molecule has 0 aliphatic rings. The van der Waals surface area contributed by atoms with E-state index in [1.807, 2.05) is 6.92 Å². The number of aromatic nitrogens is 1. The molecule has 1 amide bonds. The van der Waals surface area contributed by atoms with Crippen LogP contribution < -0.4 is 10.1 Å². The highest BCUT2D eigenvalue weighted by Gasteiger charge is 2.26. The molecule has 0 fully saturated rings. The molecule has 2 aromatic rings. The van der Waals surface area contributed by atoms with E-state index >= 15 is 0 Å².